The summed E-state index contributed by atoms with van der Waals surface area (Å²) in [7, 11) is 1.64. The Kier molecular flexibility index (Phi) is 3.95. The largest absolute Gasteiger partial charge is 0.497 e. The van der Waals surface area contributed by atoms with Gasteiger partial charge in [-0.25, -0.2) is 4.98 Å². The van der Waals surface area contributed by atoms with E-state index in [0.717, 1.165) is 26.9 Å². The quantitative estimate of drug-likeness (QED) is 0.790. The fourth-order valence-corrected chi connectivity index (χ4v) is 3.11. The van der Waals surface area contributed by atoms with Crippen molar-refractivity contribution in [2.24, 2.45) is 0 Å². The third-order valence-electron chi connectivity index (χ3n) is 2.97. The number of rotatable bonds is 3. The highest BCUT2D eigenvalue weighted by atomic mass is 32.1. The molecular formula is C16H19NO2S. The Bertz CT molecular complexity index is 638. The third-order valence-corrected chi connectivity index (χ3v) is 4.18. The van der Waals surface area contributed by atoms with E-state index in [2.05, 4.69) is 20.8 Å². The van der Waals surface area contributed by atoms with E-state index in [1.54, 1.807) is 14.0 Å². The minimum atomic E-state index is -0.144. The van der Waals surface area contributed by atoms with E-state index in [-0.39, 0.29) is 11.2 Å². The second kappa shape index (κ2) is 5.37. The lowest BCUT2D eigenvalue weighted by molar-refractivity contribution is 0.101. The van der Waals surface area contributed by atoms with Crippen molar-refractivity contribution in [1.82, 2.24) is 4.98 Å². The Morgan fingerprint density at radius 3 is 2.50 bits per heavy atom. The first-order chi connectivity index (χ1) is 9.32. The molecule has 1 aromatic carbocycles. The van der Waals surface area contributed by atoms with Gasteiger partial charge in [-0.3, -0.25) is 4.79 Å². The number of ether oxygens (including phenoxy) is 1. The number of thiazole rings is 1. The van der Waals surface area contributed by atoms with Gasteiger partial charge in [0.1, 0.15) is 10.8 Å². The van der Waals surface area contributed by atoms with Crippen molar-refractivity contribution in [1.29, 1.82) is 0 Å². The molecule has 0 bridgehead atoms. The molecule has 0 N–H and O–H groups in total. The van der Waals surface area contributed by atoms with Crippen LogP contribution < -0.4 is 4.74 Å². The van der Waals surface area contributed by atoms with Crippen LogP contribution in [0, 0.1) is 0 Å². The predicted octanol–water partition coefficient (Wildman–Crippen LogP) is 4.32. The summed E-state index contributed by atoms with van der Waals surface area (Å²) in [4.78, 5) is 17.3. The van der Waals surface area contributed by atoms with Crippen molar-refractivity contribution < 1.29 is 9.53 Å². The molecule has 0 aliphatic rings. The average molecular weight is 289 g/mol. The van der Waals surface area contributed by atoms with Crippen LogP contribution in [-0.4, -0.2) is 17.9 Å². The Hall–Kier alpha value is -1.68. The lowest BCUT2D eigenvalue weighted by atomic mass is 9.90. The number of hydrogen-bond donors (Lipinski definition) is 0. The molecule has 2 rings (SSSR count). The SMILES string of the molecule is COc1cccc(-c2nc(C(C)(C)C)c(C(C)=O)s2)c1. The monoisotopic (exact) mass is 289 g/mol. The summed E-state index contributed by atoms with van der Waals surface area (Å²) in [6, 6.07) is 7.75. The van der Waals surface area contributed by atoms with Crippen LogP contribution in [-0.2, 0) is 5.41 Å². The number of nitrogens with zero attached hydrogens (tertiary/aromatic N) is 1. The molecule has 3 nitrogen and oxygen atoms in total. The molecule has 0 atom stereocenters. The maximum Gasteiger partial charge on any atom is 0.171 e. The van der Waals surface area contributed by atoms with E-state index in [0.29, 0.717) is 0 Å². The highest BCUT2D eigenvalue weighted by molar-refractivity contribution is 7.17. The first-order valence-corrected chi connectivity index (χ1v) is 7.31. The number of Topliss-reactive ketones (excluding diaryl/α,β-unsaturated/α-hetero) is 1. The smallest absolute Gasteiger partial charge is 0.171 e. The summed E-state index contributed by atoms with van der Waals surface area (Å²) in [5, 5.41) is 0.860. The van der Waals surface area contributed by atoms with Gasteiger partial charge in [0, 0.05) is 17.9 Å². The number of benzene rings is 1. The molecule has 4 heteroatoms. The van der Waals surface area contributed by atoms with Crippen molar-refractivity contribution in [2.45, 2.75) is 33.1 Å². The fraction of sp³-hybridized carbons (Fsp3) is 0.375. The minimum absolute atomic E-state index is 0.0709. The van der Waals surface area contributed by atoms with Crippen LogP contribution >= 0.6 is 11.3 Å². The molecule has 0 aliphatic carbocycles. The number of carbonyl (C=O) groups is 1. The molecule has 0 radical (unpaired) electrons. The summed E-state index contributed by atoms with van der Waals surface area (Å²) >= 11 is 1.45. The first kappa shape index (κ1) is 14.7. The zero-order valence-corrected chi connectivity index (χ0v) is 13.3. The first-order valence-electron chi connectivity index (χ1n) is 6.49. The molecule has 0 saturated carbocycles. The Morgan fingerprint density at radius 1 is 1.30 bits per heavy atom. The molecule has 0 amide bonds. The second-order valence-corrected chi connectivity index (χ2v) is 6.73. The van der Waals surface area contributed by atoms with Crippen molar-refractivity contribution in [3.8, 4) is 16.3 Å². The van der Waals surface area contributed by atoms with Crippen LogP contribution in [0.4, 0.5) is 0 Å². The highest BCUT2D eigenvalue weighted by Crippen LogP contribution is 2.35. The van der Waals surface area contributed by atoms with Gasteiger partial charge in [0.25, 0.3) is 0 Å². The number of methoxy groups -OCH3 is 1. The third kappa shape index (κ3) is 2.90. The number of aromatic nitrogens is 1. The molecule has 0 saturated heterocycles. The molecular weight excluding hydrogens is 270 g/mol. The zero-order valence-electron chi connectivity index (χ0n) is 12.5. The van der Waals surface area contributed by atoms with Crippen LogP contribution in [0.5, 0.6) is 5.75 Å². The van der Waals surface area contributed by atoms with E-state index in [1.807, 2.05) is 24.3 Å². The van der Waals surface area contributed by atoms with Gasteiger partial charge < -0.3 is 4.74 Å². The molecule has 20 heavy (non-hydrogen) atoms. The summed E-state index contributed by atoms with van der Waals surface area (Å²) in [5.41, 5.74) is 1.70. The Balaban J connectivity index is 2.56. The van der Waals surface area contributed by atoms with E-state index in [1.165, 1.54) is 11.3 Å². The molecule has 0 fully saturated rings. The van der Waals surface area contributed by atoms with Crippen LogP contribution in [0.25, 0.3) is 10.6 Å². The second-order valence-electron chi connectivity index (χ2n) is 5.73. The van der Waals surface area contributed by atoms with Crippen LogP contribution in [0.3, 0.4) is 0 Å². The molecule has 0 unspecified atom stereocenters. The van der Waals surface area contributed by atoms with Crippen LogP contribution in [0.15, 0.2) is 24.3 Å². The van der Waals surface area contributed by atoms with Gasteiger partial charge >= 0.3 is 0 Å². The predicted molar refractivity (Wildman–Crippen MR) is 82.8 cm³/mol. The highest BCUT2D eigenvalue weighted by Gasteiger charge is 2.25. The lowest BCUT2D eigenvalue weighted by Gasteiger charge is -2.16. The minimum Gasteiger partial charge on any atom is -0.497 e. The van der Waals surface area contributed by atoms with Crippen molar-refractivity contribution in [3.63, 3.8) is 0 Å². The van der Waals surface area contributed by atoms with Crippen LogP contribution in [0.1, 0.15) is 43.1 Å². The van der Waals surface area contributed by atoms with Crippen molar-refractivity contribution in [2.75, 3.05) is 7.11 Å². The standard InChI is InChI=1S/C16H19NO2S/c1-10(18)13-14(16(2,3)4)17-15(20-13)11-7-6-8-12(9-11)19-5/h6-9H,1-5H3. The van der Waals surface area contributed by atoms with Gasteiger partial charge in [0.15, 0.2) is 5.78 Å². The van der Waals surface area contributed by atoms with Gasteiger partial charge in [0.2, 0.25) is 0 Å². The van der Waals surface area contributed by atoms with E-state index in [4.69, 9.17) is 9.72 Å². The fourth-order valence-electron chi connectivity index (χ4n) is 1.95. The summed E-state index contributed by atoms with van der Waals surface area (Å²) in [5.74, 6) is 0.862. The molecule has 2 aromatic rings. The molecule has 1 aromatic heterocycles. The zero-order chi connectivity index (χ0) is 14.9. The maximum atomic E-state index is 11.8. The molecule has 1 heterocycles. The van der Waals surface area contributed by atoms with E-state index in [9.17, 15) is 4.79 Å². The van der Waals surface area contributed by atoms with Gasteiger partial charge in [-0.15, -0.1) is 11.3 Å². The Morgan fingerprint density at radius 2 is 2.00 bits per heavy atom. The summed E-state index contributed by atoms with van der Waals surface area (Å²) in [6.07, 6.45) is 0. The van der Waals surface area contributed by atoms with Gasteiger partial charge in [-0.2, -0.15) is 0 Å². The summed E-state index contributed by atoms with van der Waals surface area (Å²) in [6.45, 7) is 7.82. The maximum absolute atomic E-state index is 11.8. The van der Waals surface area contributed by atoms with Gasteiger partial charge in [-0.05, 0) is 12.1 Å². The van der Waals surface area contributed by atoms with E-state index >= 15 is 0 Å². The molecule has 106 valence electrons. The molecule has 0 spiro atoms. The van der Waals surface area contributed by atoms with Gasteiger partial charge in [-0.1, -0.05) is 32.9 Å². The van der Waals surface area contributed by atoms with Crippen molar-refractivity contribution >= 4 is 17.1 Å². The lowest BCUT2D eigenvalue weighted by Crippen LogP contribution is -2.15. The number of hydrogen-bond acceptors (Lipinski definition) is 4. The normalized spacial score (nSPS) is 11.4. The van der Waals surface area contributed by atoms with E-state index < -0.39 is 0 Å². The van der Waals surface area contributed by atoms with Crippen molar-refractivity contribution in [3.05, 3.63) is 34.8 Å². The number of carbonyl (C=O) groups excluding carboxylic acids is 1. The summed E-state index contributed by atoms with van der Waals surface area (Å²) < 4.78 is 5.24. The number of ketones is 1. The average Bonchev–Trinajstić information content (AvgIpc) is 2.84. The topological polar surface area (TPSA) is 39.2 Å². The van der Waals surface area contributed by atoms with Crippen LogP contribution in [0.2, 0.25) is 0 Å². The Labute approximate surface area is 123 Å². The van der Waals surface area contributed by atoms with Gasteiger partial charge in [0.05, 0.1) is 17.7 Å². The molecule has 0 aliphatic heterocycles.